The third-order valence-corrected chi connectivity index (χ3v) is 5.27. The number of benzene rings is 2. The zero-order valence-electron chi connectivity index (χ0n) is 14.4. The molecular weight excluding hydrogens is 332 g/mol. The van der Waals surface area contributed by atoms with E-state index < -0.39 is 11.6 Å². The van der Waals surface area contributed by atoms with Gasteiger partial charge in [-0.25, -0.2) is 13.8 Å². The Labute approximate surface area is 150 Å². The van der Waals surface area contributed by atoms with Crippen molar-refractivity contribution in [2.45, 2.75) is 32.9 Å². The van der Waals surface area contributed by atoms with Crippen LogP contribution in [0.2, 0.25) is 0 Å². The van der Waals surface area contributed by atoms with Gasteiger partial charge in [0, 0.05) is 30.3 Å². The van der Waals surface area contributed by atoms with Crippen LogP contribution in [-0.2, 0) is 19.5 Å². The molecule has 0 N–H and O–H groups in total. The van der Waals surface area contributed by atoms with E-state index in [0.29, 0.717) is 17.8 Å². The van der Waals surface area contributed by atoms with Crippen molar-refractivity contribution >= 4 is 6.21 Å². The summed E-state index contributed by atoms with van der Waals surface area (Å²) in [7, 11) is 0. The second-order valence-corrected chi connectivity index (χ2v) is 6.92. The second-order valence-electron chi connectivity index (χ2n) is 6.92. The monoisotopic (exact) mass is 349 g/mol. The summed E-state index contributed by atoms with van der Waals surface area (Å²) in [6.45, 7) is 3.11. The summed E-state index contributed by atoms with van der Waals surface area (Å²) in [6.07, 6.45) is 3.74. The third-order valence-electron chi connectivity index (χ3n) is 5.27. The number of aromatic nitrogens is 2. The molecule has 1 aromatic heterocycles. The summed E-state index contributed by atoms with van der Waals surface area (Å²) in [4.78, 5) is 8.99. The van der Waals surface area contributed by atoms with Crippen molar-refractivity contribution in [3.05, 3.63) is 64.5 Å². The first-order valence-corrected chi connectivity index (χ1v) is 8.81. The molecule has 2 aliphatic heterocycles. The molecule has 0 radical (unpaired) electrons. The van der Waals surface area contributed by atoms with E-state index in [9.17, 15) is 8.78 Å². The molecule has 0 aliphatic carbocycles. The highest BCUT2D eigenvalue weighted by atomic mass is 19.2. The van der Waals surface area contributed by atoms with Crippen molar-refractivity contribution < 1.29 is 8.78 Å². The summed E-state index contributed by atoms with van der Waals surface area (Å²) in [5.41, 5.74) is 5.14. The molecule has 3 aromatic rings. The van der Waals surface area contributed by atoms with Gasteiger partial charge in [-0.1, -0.05) is 18.2 Å². The van der Waals surface area contributed by atoms with Gasteiger partial charge >= 0.3 is 0 Å². The topological polar surface area (TPSA) is 30.2 Å². The molecule has 0 atom stereocenters. The van der Waals surface area contributed by atoms with E-state index in [4.69, 9.17) is 0 Å². The number of hydrogen-bond donors (Lipinski definition) is 0. The van der Waals surface area contributed by atoms with Gasteiger partial charge in [0.25, 0.3) is 0 Å². The van der Waals surface area contributed by atoms with Crippen molar-refractivity contribution in [3.63, 3.8) is 0 Å². The maximum absolute atomic E-state index is 14.7. The van der Waals surface area contributed by atoms with Crippen molar-refractivity contribution in [2.75, 3.05) is 0 Å². The van der Waals surface area contributed by atoms with Gasteiger partial charge in [0.1, 0.15) is 5.82 Å². The summed E-state index contributed by atoms with van der Waals surface area (Å²) in [5.74, 6) is -0.696. The van der Waals surface area contributed by atoms with E-state index in [1.165, 1.54) is 5.56 Å². The van der Waals surface area contributed by atoms with Gasteiger partial charge < -0.3 is 4.57 Å². The zero-order chi connectivity index (χ0) is 17.8. The van der Waals surface area contributed by atoms with Crippen LogP contribution in [-0.4, -0.2) is 15.8 Å². The first-order chi connectivity index (χ1) is 12.6. The minimum Gasteiger partial charge on any atom is -0.327 e. The number of aryl methyl sites for hydroxylation is 2. The van der Waals surface area contributed by atoms with E-state index in [2.05, 4.69) is 26.7 Å². The van der Waals surface area contributed by atoms with Crippen molar-refractivity contribution in [2.24, 2.45) is 4.99 Å². The fourth-order valence-corrected chi connectivity index (χ4v) is 3.88. The van der Waals surface area contributed by atoms with Crippen LogP contribution in [0.1, 0.15) is 28.9 Å². The second kappa shape index (κ2) is 5.59. The fourth-order valence-electron chi connectivity index (χ4n) is 3.88. The van der Waals surface area contributed by atoms with Crippen molar-refractivity contribution in [1.82, 2.24) is 9.55 Å². The Morgan fingerprint density at radius 3 is 2.85 bits per heavy atom. The molecule has 130 valence electrons. The normalized spacial score (nSPS) is 14.7. The largest absolute Gasteiger partial charge is 0.327 e. The summed E-state index contributed by atoms with van der Waals surface area (Å²) in [5, 5.41) is 0. The minimum atomic E-state index is -0.828. The van der Waals surface area contributed by atoms with Crippen LogP contribution in [0.15, 0.2) is 35.3 Å². The Bertz CT molecular complexity index is 1080. The van der Waals surface area contributed by atoms with Crippen LogP contribution < -0.4 is 0 Å². The van der Waals surface area contributed by atoms with E-state index >= 15 is 0 Å². The smallest absolute Gasteiger partial charge is 0.168 e. The Morgan fingerprint density at radius 2 is 1.96 bits per heavy atom. The van der Waals surface area contributed by atoms with Gasteiger partial charge in [-0.3, -0.25) is 4.99 Å². The first kappa shape index (κ1) is 15.4. The lowest BCUT2D eigenvalue weighted by Gasteiger charge is -2.11. The van der Waals surface area contributed by atoms with Crippen LogP contribution in [0.25, 0.3) is 22.5 Å². The van der Waals surface area contributed by atoms with E-state index in [1.807, 2.05) is 12.3 Å². The van der Waals surface area contributed by atoms with Gasteiger partial charge in [-0.2, -0.15) is 0 Å². The molecule has 3 nitrogen and oxygen atoms in total. The van der Waals surface area contributed by atoms with Crippen LogP contribution in [0.4, 0.5) is 8.78 Å². The van der Waals surface area contributed by atoms with E-state index in [0.717, 1.165) is 42.0 Å². The van der Waals surface area contributed by atoms with Crippen LogP contribution in [0.5, 0.6) is 0 Å². The fraction of sp³-hybridized carbons (Fsp3) is 0.238. The van der Waals surface area contributed by atoms with Gasteiger partial charge in [0.15, 0.2) is 11.6 Å². The van der Waals surface area contributed by atoms with E-state index in [-0.39, 0.29) is 5.56 Å². The Balaban J connectivity index is 1.76. The molecule has 2 aliphatic rings. The quantitative estimate of drug-likeness (QED) is 0.660. The van der Waals surface area contributed by atoms with Gasteiger partial charge in [-0.05, 0) is 42.2 Å². The highest BCUT2D eigenvalue weighted by Crippen LogP contribution is 2.38. The molecule has 0 spiro atoms. The number of imidazole rings is 1. The molecule has 0 fully saturated rings. The Morgan fingerprint density at radius 1 is 1.08 bits per heavy atom. The molecule has 0 amide bonds. The maximum Gasteiger partial charge on any atom is 0.168 e. The molecule has 5 heteroatoms. The first-order valence-electron chi connectivity index (χ1n) is 8.81. The van der Waals surface area contributed by atoms with Gasteiger partial charge in [0.2, 0.25) is 0 Å². The van der Waals surface area contributed by atoms with Crippen LogP contribution >= 0.6 is 0 Å². The maximum atomic E-state index is 14.7. The number of fused-ring (bicyclic) bond motifs is 2. The predicted molar refractivity (Wildman–Crippen MR) is 97.4 cm³/mol. The van der Waals surface area contributed by atoms with E-state index in [1.54, 1.807) is 19.1 Å². The van der Waals surface area contributed by atoms with Gasteiger partial charge in [0.05, 0.1) is 17.9 Å². The highest BCUT2D eigenvalue weighted by Gasteiger charge is 2.26. The zero-order valence-corrected chi connectivity index (χ0v) is 14.4. The SMILES string of the molecule is Cc1ccc(-c2nc3n(c2-c2ccc4c(c2)C=NC4)CCC3)c(F)c1F. The van der Waals surface area contributed by atoms with Crippen LogP contribution in [0.3, 0.4) is 0 Å². The number of rotatable bonds is 2. The molecular formula is C21H17F2N3. The molecule has 26 heavy (non-hydrogen) atoms. The summed E-state index contributed by atoms with van der Waals surface area (Å²) < 4.78 is 31.0. The van der Waals surface area contributed by atoms with Crippen molar-refractivity contribution in [1.29, 1.82) is 0 Å². The number of nitrogens with zero attached hydrogens (tertiary/aromatic N) is 3. The molecule has 0 bridgehead atoms. The highest BCUT2D eigenvalue weighted by molar-refractivity contribution is 5.88. The predicted octanol–water partition coefficient (Wildman–Crippen LogP) is 4.68. The Kier molecular flexibility index (Phi) is 3.32. The van der Waals surface area contributed by atoms with Gasteiger partial charge in [-0.15, -0.1) is 0 Å². The van der Waals surface area contributed by atoms with Crippen LogP contribution in [0, 0.1) is 18.6 Å². The molecule has 0 unspecified atom stereocenters. The third kappa shape index (κ3) is 2.16. The molecule has 5 rings (SSSR count). The number of hydrogen-bond acceptors (Lipinski definition) is 2. The minimum absolute atomic E-state index is 0.221. The lowest BCUT2D eigenvalue weighted by Crippen LogP contribution is -1.99. The van der Waals surface area contributed by atoms with Crippen molar-refractivity contribution in [3.8, 4) is 22.5 Å². The summed E-state index contributed by atoms with van der Waals surface area (Å²) in [6, 6.07) is 9.40. The molecule has 2 aromatic carbocycles. The lowest BCUT2D eigenvalue weighted by atomic mass is 9.99. The molecule has 0 saturated heterocycles. The lowest BCUT2D eigenvalue weighted by molar-refractivity contribution is 0.505. The number of aliphatic imine (C=N–C) groups is 1. The molecule has 0 saturated carbocycles. The Hall–Kier alpha value is -2.82. The average Bonchev–Trinajstić information content (AvgIpc) is 3.34. The number of halogens is 2. The average molecular weight is 349 g/mol. The standard InChI is InChI=1S/C21H17F2N3/c1-12-4-7-16(19(23)18(12)22)20-21(26-8-2-3-17(26)25-20)13-5-6-14-10-24-11-15(14)9-13/h4-7,9,11H,2-3,8,10H2,1H3. The summed E-state index contributed by atoms with van der Waals surface area (Å²) >= 11 is 0. The molecule has 3 heterocycles.